The summed E-state index contributed by atoms with van der Waals surface area (Å²) in [5.74, 6) is 1.36. The lowest BCUT2D eigenvalue weighted by molar-refractivity contribution is -0.127. The largest absolute Gasteiger partial charge is 0.339 e. The number of hydrogen-bond donors (Lipinski definition) is 0. The predicted octanol–water partition coefficient (Wildman–Crippen LogP) is 3.02. The molecule has 1 fully saturated rings. The fraction of sp³-hybridized carbons (Fsp3) is 0.286. The van der Waals surface area contributed by atoms with E-state index >= 15 is 0 Å². The fourth-order valence-electron chi connectivity index (χ4n) is 3.37. The number of likely N-dealkylation sites (tertiary alicyclic amines) is 1. The number of piperidine rings is 1. The third-order valence-electron chi connectivity index (χ3n) is 4.77. The maximum Gasteiger partial charge on any atom is 0.246 e. The van der Waals surface area contributed by atoms with Crippen molar-refractivity contribution in [3.8, 4) is 11.5 Å². The molecule has 0 radical (unpaired) electrons. The zero-order chi connectivity index (χ0) is 19.2. The maximum atomic E-state index is 12.5. The summed E-state index contributed by atoms with van der Waals surface area (Å²) < 4.78 is 5.38. The SMILES string of the molecule is O=C(/C=C\c1ccccc1)N1CCCC(Cc2nc(-c3cnccn3)no2)C1. The van der Waals surface area contributed by atoms with Crippen LogP contribution in [0.2, 0.25) is 0 Å². The Morgan fingerprint density at radius 3 is 2.96 bits per heavy atom. The molecule has 7 nitrogen and oxygen atoms in total. The van der Waals surface area contributed by atoms with Crippen molar-refractivity contribution in [2.75, 3.05) is 13.1 Å². The third-order valence-corrected chi connectivity index (χ3v) is 4.77. The molecule has 0 aliphatic carbocycles. The highest BCUT2D eigenvalue weighted by Gasteiger charge is 2.24. The average Bonchev–Trinajstić information content (AvgIpc) is 3.22. The van der Waals surface area contributed by atoms with Gasteiger partial charge in [-0.15, -0.1) is 0 Å². The van der Waals surface area contributed by atoms with Gasteiger partial charge in [-0.2, -0.15) is 4.98 Å². The van der Waals surface area contributed by atoms with Crippen LogP contribution in [-0.2, 0) is 11.2 Å². The van der Waals surface area contributed by atoms with Crippen molar-refractivity contribution in [1.82, 2.24) is 25.0 Å². The highest BCUT2D eigenvalue weighted by atomic mass is 16.5. The lowest BCUT2D eigenvalue weighted by atomic mass is 9.94. The second-order valence-electron chi connectivity index (χ2n) is 6.84. The number of hydrogen-bond acceptors (Lipinski definition) is 6. The first-order valence-corrected chi connectivity index (χ1v) is 9.39. The minimum Gasteiger partial charge on any atom is -0.339 e. The Labute approximate surface area is 163 Å². The summed E-state index contributed by atoms with van der Waals surface area (Å²) in [5, 5.41) is 3.99. The molecule has 2 aromatic heterocycles. The van der Waals surface area contributed by atoms with Crippen LogP contribution in [0.25, 0.3) is 17.6 Å². The molecule has 1 atom stereocenters. The highest BCUT2D eigenvalue weighted by molar-refractivity contribution is 5.91. The Kier molecular flexibility index (Phi) is 5.51. The molecule has 1 unspecified atom stereocenters. The van der Waals surface area contributed by atoms with E-state index in [0.717, 1.165) is 24.9 Å². The van der Waals surface area contributed by atoms with Crippen LogP contribution in [0.3, 0.4) is 0 Å². The number of rotatable bonds is 5. The average molecular weight is 375 g/mol. The molecular weight excluding hydrogens is 354 g/mol. The number of carbonyl (C=O) groups excluding carboxylic acids is 1. The van der Waals surface area contributed by atoms with Crippen LogP contribution in [-0.4, -0.2) is 44.0 Å². The van der Waals surface area contributed by atoms with Gasteiger partial charge in [0.15, 0.2) is 0 Å². The van der Waals surface area contributed by atoms with Crippen LogP contribution < -0.4 is 0 Å². The molecule has 1 aliphatic heterocycles. The van der Waals surface area contributed by atoms with E-state index in [4.69, 9.17) is 4.52 Å². The van der Waals surface area contributed by atoms with Gasteiger partial charge >= 0.3 is 0 Å². The summed E-state index contributed by atoms with van der Waals surface area (Å²) in [6.07, 6.45) is 11.0. The molecule has 0 spiro atoms. The van der Waals surface area contributed by atoms with Gasteiger partial charge in [0.05, 0.1) is 6.20 Å². The predicted molar refractivity (Wildman–Crippen MR) is 104 cm³/mol. The molecule has 28 heavy (non-hydrogen) atoms. The first-order valence-electron chi connectivity index (χ1n) is 9.39. The van der Waals surface area contributed by atoms with E-state index in [1.807, 2.05) is 41.3 Å². The number of amides is 1. The molecule has 0 N–H and O–H groups in total. The lowest BCUT2D eigenvalue weighted by Gasteiger charge is -2.31. The molecular formula is C21H21N5O2. The summed E-state index contributed by atoms with van der Waals surface area (Å²) in [4.78, 5) is 27.1. The van der Waals surface area contributed by atoms with Gasteiger partial charge in [0.25, 0.3) is 0 Å². The van der Waals surface area contributed by atoms with Gasteiger partial charge in [0, 0.05) is 38.0 Å². The van der Waals surface area contributed by atoms with Crippen LogP contribution in [0.15, 0.2) is 59.5 Å². The van der Waals surface area contributed by atoms with E-state index in [-0.39, 0.29) is 5.91 Å². The van der Waals surface area contributed by atoms with Crippen LogP contribution in [0.1, 0.15) is 24.3 Å². The topological polar surface area (TPSA) is 85.0 Å². The summed E-state index contributed by atoms with van der Waals surface area (Å²) in [6, 6.07) is 9.84. The number of benzene rings is 1. The van der Waals surface area contributed by atoms with E-state index < -0.39 is 0 Å². The molecule has 1 aromatic carbocycles. The third kappa shape index (κ3) is 4.49. The Hall–Kier alpha value is -3.35. The van der Waals surface area contributed by atoms with Gasteiger partial charge in [-0.3, -0.25) is 9.78 Å². The van der Waals surface area contributed by atoms with Crippen LogP contribution in [0.4, 0.5) is 0 Å². The highest BCUT2D eigenvalue weighted by Crippen LogP contribution is 2.22. The Morgan fingerprint density at radius 2 is 2.14 bits per heavy atom. The van der Waals surface area contributed by atoms with Gasteiger partial charge in [-0.05, 0) is 30.4 Å². The van der Waals surface area contributed by atoms with Crippen molar-refractivity contribution in [3.63, 3.8) is 0 Å². The molecule has 1 amide bonds. The molecule has 7 heteroatoms. The van der Waals surface area contributed by atoms with Gasteiger partial charge in [0.1, 0.15) is 5.69 Å². The zero-order valence-corrected chi connectivity index (χ0v) is 15.4. The first kappa shape index (κ1) is 18.0. The van der Waals surface area contributed by atoms with E-state index in [1.54, 1.807) is 24.7 Å². The van der Waals surface area contributed by atoms with Gasteiger partial charge in [-0.25, -0.2) is 4.98 Å². The number of nitrogens with zero attached hydrogens (tertiary/aromatic N) is 5. The lowest BCUT2D eigenvalue weighted by Crippen LogP contribution is -2.39. The fourth-order valence-corrected chi connectivity index (χ4v) is 3.37. The van der Waals surface area contributed by atoms with Crippen LogP contribution >= 0.6 is 0 Å². The van der Waals surface area contributed by atoms with Crippen LogP contribution in [0, 0.1) is 5.92 Å². The van der Waals surface area contributed by atoms with Gasteiger partial charge in [0.2, 0.25) is 17.6 Å². The van der Waals surface area contributed by atoms with E-state index in [9.17, 15) is 4.79 Å². The number of aromatic nitrogens is 4. The van der Waals surface area contributed by atoms with Crippen molar-refractivity contribution in [3.05, 3.63) is 66.5 Å². The normalized spacial score (nSPS) is 17.1. The molecule has 4 rings (SSSR count). The van der Waals surface area contributed by atoms with Crippen molar-refractivity contribution >= 4 is 12.0 Å². The maximum absolute atomic E-state index is 12.5. The van der Waals surface area contributed by atoms with Crippen LogP contribution in [0.5, 0.6) is 0 Å². The van der Waals surface area contributed by atoms with Gasteiger partial charge < -0.3 is 9.42 Å². The summed E-state index contributed by atoms with van der Waals surface area (Å²) in [6.45, 7) is 1.48. The van der Waals surface area contributed by atoms with E-state index in [2.05, 4.69) is 20.1 Å². The summed E-state index contributed by atoms with van der Waals surface area (Å²) in [7, 11) is 0. The molecule has 1 saturated heterocycles. The standard InChI is InChI=1S/C21H21N5O2/c27-20(9-8-16-5-2-1-3-6-16)26-12-4-7-17(15-26)13-19-24-21(25-28-19)18-14-22-10-11-23-18/h1-3,5-6,8-11,14,17H,4,7,12-13,15H2/b9-8-. The Balaban J connectivity index is 1.36. The Bertz CT molecular complexity index is 940. The monoisotopic (exact) mass is 375 g/mol. The molecule has 3 aromatic rings. The molecule has 0 bridgehead atoms. The second kappa shape index (κ2) is 8.56. The van der Waals surface area contributed by atoms with Crippen molar-refractivity contribution < 1.29 is 9.32 Å². The number of carbonyl (C=O) groups is 1. The first-order chi connectivity index (χ1) is 13.8. The van der Waals surface area contributed by atoms with Crippen molar-refractivity contribution in [1.29, 1.82) is 0 Å². The second-order valence-corrected chi connectivity index (χ2v) is 6.84. The molecule has 142 valence electrons. The van der Waals surface area contributed by atoms with Crippen molar-refractivity contribution in [2.45, 2.75) is 19.3 Å². The van der Waals surface area contributed by atoms with E-state index in [0.29, 0.717) is 36.3 Å². The summed E-state index contributed by atoms with van der Waals surface area (Å²) >= 11 is 0. The molecule has 3 heterocycles. The minimum absolute atomic E-state index is 0.0410. The van der Waals surface area contributed by atoms with Gasteiger partial charge in [-0.1, -0.05) is 35.5 Å². The quantitative estimate of drug-likeness (QED) is 0.637. The zero-order valence-electron chi connectivity index (χ0n) is 15.4. The smallest absolute Gasteiger partial charge is 0.246 e. The van der Waals surface area contributed by atoms with E-state index in [1.165, 1.54) is 0 Å². The molecule has 0 saturated carbocycles. The minimum atomic E-state index is 0.0410. The molecule has 1 aliphatic rings. The summed E-state index contributed by atoms with van der Waals surface area (Å²) in [5.41, 5.74) is 1.61. The Morgan fingerprint density at radius 1 is 1.25 bits per heavy atom. The van der Waals surface area contributed by atoms with Crippen molar-refractivity contribution in [2.24, 2.45) is 5.92 Å².